The molecule has 0 fully saturated rings. The molecule has 1 aliphatic rings. The van der Waals surface area contributed by atoms with E-state index in [0.29, 0.717) is 23.8 Å². The Kier molecular flexibility index (Phi) is 6.50. The molecular formula is C18H18BrN3O5. The lowest BCUT2D eigenvalue weighted by Crippen LogP contribution is -2.45. The second-order valence-electron chi connectivity index (χ2n) is 5.61. The number of hydrazine groups is 1. The van der Waals surface area contributed by atoms with Crippen LogP contribution in [-0.4, -0.2) is 31.8 Å². The molecule has 0 saturated carbocycles. The molecule has 2 amide bonds. The van der Waals surface area contributed by atoms with Crippen molar-refractivity contribution in [1.29, 1.82) is 0 Å². The average Bonchev–Trinajstić information content (AvgIpc) is 3.12. The number of ether oxygens (including phenoxy) is 3. The van der Waals surface area contributed by atoms with Crippen LogP contribution in [0.25, 0.3) is 0 Å². The SMILES string of the molecule is O=C(CNNC(=O)COc1cccc(Br)c1)NCc1ccc2c(c1)OCO2. The van der Waals surface area contributed by atoms with Crippen LogP contribution in [0.3, 0.4) is 0 Å². The zero-order valence-corrected chi connectivity index (χ0v) is 15.9. The summed E-state index contributed by atoms with van der Waals surface area (Å²) >= 11 is 3.32. The monoisotopic (exact) mass is 435 g/mol. The zero-order chi connectivity index (χ0) is 19.1. The van der Waals surface area contributed by atoms with Gasteiger partial charge in [-0.15, -0.1) is 0 Å². The molecule has 9 heteroatoms. The molecule has 2 aromatic carbocycles. The Labute approximate surface area is 164 Å². The first-order valence-electron chi connectivity index (χ1n) is 8.15. The van der Waals surface area contributed by atoms with Crippen LogP contribution in [0.15, 0.2) is 46.9 Å². The summed E-state index contributed by atoms with van der Waals surface area (Å²) in [4.78, 5) is 23.5. The van der Waals surface area contributed by atoms with Crippen LogP contribution in [0.4, 0.5) is 0 Å². The number of hydrogen-bond donors (Lipinski definition) is 3. The first-order chi connectivity index (χ1) is 13.1. The molecule has 142 valence electrons. The Morgan fingerprint density at radius 2 is 1.93 bits per heavy atom. The predicted molar refractivity (Wildman–Crippen MR) is 100 cm³/mol. The quantitative estimate of drug-likeness (QED) is 0.543. The number of amides is 2. The van der Waals surface area contributed by atoms with E-state index in [-0.39, 0.29) is 25.9 Å². The maximum atomic E-state index is 11.8. The Hall–Kier alpha value is -2.78. The van der Waals surface area contributed by atoms with Crippen LogP contribution in [0.2, 0.25) is 0 Å². The van der Waals surface area contributed by atoms with E-state index in [1.165, 1.54) is 0 Å². The summed E-state index contributed by atoms with van der Waals surface area (Å²) in [6, 6.07) is 12.6. The van der Waals surface area contributed by atoms with Crippen LogP contribution >= 0.6 is 15.9 Å². The third-order valence-electron chi connectivity index (χ3n) is 3.57. The Morgan fingerprint density at radius 3 is 2.78 bits per heavy atom. The maximum absolute atomic E-state index is 11.8. The normalized spacial score (nSPS) is 11.7. The van der Waals surface area contributed by atoms with Crippen molar-refractivity contribution in [3.05, 3.63) is 52.5 Å². The van der Waals surface area contributed by atoms with Crippen LogP contribution in [0.1, 0.15) is 5.56 Å². The lowest BCUT2D eigenvalue weighted by molar-refractivity contribution is -0.124. The van der Waals surface area contributed by atoms with Crippen molar-refractivity contribution in [2.75, 3.05) is 19.9 Å². The number of fused-ring (bicyclic) bond motifs is 1. The van der Waals surface area contributed by atoms with Gasteiger partial charge in [0.25, 0.3) is 5.91 Å². The Bertz CT molecular complexity index is 830. The van der Waals surface area contributed by atoms with Gasteiger partial charge in [-0.25, -0.2) is 5.43 Å². The van der Waals surface area contributed by atoms with Crippen molar-refractivity contribution in [1.82, 2.24) is 16.2 Å². The van der Waals surface area contributed by atoms with Crippen LogP contribution in [0, 0.1) is 0 Å². The van der Waals surface area contributed by atoms with Crippen molar-refractivity contribution >= 4 is 27.7 Å². The number of rotatable bonds is 8. The first kappa shape index (κ1) is 19.0. The third kappa shape index (κ3) is 5.87. The highest BCUT2D eigenvalue weighted by atomic mass is 79.9. The van der Waals surface area contributed by atoms with Gasteiger partial charge in [0, 0.05) is 11.0 Å². The molecule has 0 aliphatic carbocycles. The van der Waals surface area contributed by atoms with Crippen molar-refractivity contribution in [3.8, 4) is 17.2 Å². The Balaban J connectivity index is 1.31. The van der Waals surface area contributed by atoms with Gasteiger partial charge in [-0.05, 0) is 35.9 Å². The molecule has 0 spiro atoms. The highest BCUT2D eigenvalue weighted by molar-refractivity contribution is 9.10. The van der Waals surface area contributed by atoms with Gasteiger partial charge in [0.05, 0.1) is 6.54 Å². The molecule has 8 nitrogen and oxygen atoms in total. The fraction of sp³-hybridized carbons (Fsp3) is 0.222. The highest BCUT2D eigenvalue weighted by Gasteiger charge is 2.13. The number of hydrogen-bond acceptors (Lipinski definition) is 6. The van der Waals surface area contributed by atoms with E-state index >= 15 is 0 Å². The summed E-state index contributed by atoms with van der Waals surface area (Å²) in [6.45, 7) is 0.326. The molecule has 1 aliphatic heterocycles. The number of carbonyl (C=O) groups excluding carboxylic acids is 2. The number of carbonyl (C=O) groups is 2. The van der Waals surface area contributed by atoms with Gasteiger partial charge in [-0.3, -0.25) is 15.0 Å². The van der Waals surface area contributed by atoms with E-state index in [1.807, 2.05) is 18.2 Å². The molecule has 27 heavy (non-hydrogen) atoms. The first-order valence-corrected chi connectivity index (χ1v) is 8.95. The van der Waals surface area contributed by atoms with Crippen molar-refractivity contribution in [2.24, 2.45) is 0 Å². The minimum atomic E-state index is -0.390. The lowest BCUT2D eigenvalue weighted by atomic mass is 10.2. The summed E-state index contributed by atoms with van der Waals surface area (Å²) < 4.78 is 16.7. The highest BCUT2D eigenvalue weighted by Crippen LogP contribution is 2.32. The van der Waals surface area contributed by atoms with Gasteiger partial charge in [-0.2, -0.15) is 0 Å². The van der Waals surface area contributed by atoms with E-state index in [9.17, 15) is 9.59 Å². The van der Waals surface area contributed by atoms with Crippen molar-refractivity contribution in [3.63, 3.8) is 0 Å². The summed E-state index contributed by atoms with van der Waals surface area (Å²) in [6.07, 6.45) is 0. The molecule has 1 heterocycles. The minimum Gasteiger partial charge on any atom is -0.484 e. The largest absolute Gasteiger partial charge is 0.484 e. The zero-order valence-electron chi connectivity index (χ0n) is 14.3. The molecule has 0 saturated heterocycles. The topological polar surface area (TPSA) is 97.9 Å². The maximum Gasteiger partial charge on any atom is 0.271 e. The molecular weight excluding hydrogens is 418 g/mol. The standard InChI is InChI=1S/C18H18BrN3O5/c19-13-2-1-3-14(7-13)25-10-18(24)22-21-9-17(23)20-8-12-4-5-15-16(6-12)27-11-26-15/h1-7,21H,8-11H2,(H,20,23)(H,22,24). The van der Waals surface area contributed by atoms with Gasteiger partial charge in [0.1, 0.15) is 5.75 Å². The van der Waals surface area contributed by atoms with Gasteiger partial charge in [-0.1, -0.05) is 28.1 Å². The molecule has 2 aromatic rings. The van der Waals surface area contributed by atoms with Gasteiger partial charge in [0.2, 0.25) is 12.7 Å². The molecule has 3 rings (SSSR count). The van der Waals surface area contributed by atoms with Crippen LogP contribution in [-0.2, 0) is 16.1 Å². The summed E-state index contributed by atoms with van der Waals surface area (Å²) in [5.41, 5.74) is 5.86. The molecule has 0 atom stereocenters. The van der Waals surface area contributed by atoms with E-state index < -0.39 is 5.91 Å². The number of nitrogens with one attached hydrogen (secondary N) is 3. The van der Waals surface area contributed by atoms with Crippen LogP contribution in [0.5, 0.6) is 17.2 Å². The summed E-state index contributed by atoms with van der Waals surface area (Å²) in [5.74, 6) is 1.28. The lowest BCUT2D eigenvalue weighted by Gasteiger charge is -2.10. The fourth-order valence-electron chi connectivity index (χ4n) is 2.28. The Morgan fingerprint density at radius 1 is 1.07 bits per heavy atom. The number of halogens is 1. The predicted octanol–water partition coefficient (Wildman–Crippen LogP) is 1.49. The summed E-state index contributed by atoms with van der Waals surface area (Å²) in [5, 5.41) is 2.74. The van der Waals surface area contributed by atoms with Crippen LogP contribution < -0.4 is 30.4 Å². The molecule has 0 aromatic heterocycles. The van der Waals surface area contributed by atoms with E-state index in [4.69, 9.17) is 14.2 Å². The second kappa shape index (κ2) is 9.24. The number of benzene rings is 2. The van der Waals surface area contributed by atoms with E-state index in [2.05, 4.69) is 32.1 Å². The van der Waals surface area contributed by atoms with E-state index in [1.54, 1.807) is 24.3 Å². The minimum absolute atomic E-state index is 0.0623. The molecule has 0 unspecified atom stereocenters. The molecule has 0 bridgehead atoms. The van der Waals surface area contributed by atoms with Gasteiger partial charge < -0.3 is 19.5 Å². The second-order valence-corrected chi connectivity index (χ2v) is 6.53. The van der Waals surface area contributed by atoms with Crippen molar-refractivity contribution in [2.45, 2.75) is 6.54 Å². The average molecular weight is 436 g/mol. The fourth-order valence-corrected chi connectivity index (χ4v) is 2.66. The smallest absolute Gasteiger partial charge is 0.271 e. The van der Waals surface area contributed by atoms with Gasteiger partial charge in [0.15, 0.2) is 18.1 Å². The molecule has 0 radical (unpaired) electrons. The van der Waals surface area contributed by atoms with Crippen molar-refractivity contribution < 1.29 is 23.8 Å². The summed E-state index contributed by atoms with van der Waals surface area (Å²) in [7, 11) is 0. The van der Waals surface area contributed by atoms with E-state index in [0.717, 1.165) is 10.0 Å². The molecule has 3 N–H and O–H groups in total. The third-order valence-corrected chi connectivity index (χ3v) is 4.06. The van der Waals surface area contributed by atoms with Gasteiger partial charge >= 0.3 is 0 Å².